The molecule has 1 unspecified atom stereocenters. The van der Waals surface area contributed by atoms with Crippen molar-refractivity contribution < 1.29 is 14.3 Å². The quantitative estimate of drug-likeness (QED) is 0.372. The van der Waals surface area contributed by atoms with Crippen LogP contribution in [0.15, 0.2) is 41.7 Å². The number of piperidine rings is 1. The van der Waals surface area contributed by atoms with Crippen molar-refractivity contribution in [2.45, 2.75) is 71.2 Å². The molecule has 3 aliphatic heterocycles. The van der Waals surface area contributed by atoms with Gasteiger partial charge in [0, 0.05) is 50.7 Å². The first-order chi connectivity index (χ1) is 21.6. The summed E-state index contributed by atoms with van der Waals surface area (Å²) in [6.07, 6.45) is 10.6. The molecule has 3 aromatic rings. The van der Waals surface area contributed by atoms with Crippen LogP contribution in [-0.2, 0) is 9.47 Å². The molecule has 1 aliphatic carbocycles. The van der Waals surface area contributed by atoms with Gasteiger partial charge < -0.3 is 24.2 Å². The Balaban J connectivity index is 1.03. The maximum Gasteiger partial charge on any atom is 0.410 e. The maximum atomic E-state index is 13.4. The van der Waals surface area contributed by atoms with Crippen molar-refractivity contribution in [3.8, 4) is 11.4 Å². The van der Waals surface area contributed by atoms with Crippen molar-refractivity contribution in [3.63, 3.8) is 0 Å². The number of nitrogens with zero attached hydrogens (tertiary/aromatic N) is 9. The molecule has 1 spiro atoms. The van der Waals surface area contributed by atoms with E-state index in [9.17, 15) is 9.59 Å². The topological polar surface area (TPSA) is 124 Å². The molecule has 4 fully saturated rings. The number of hydrogen-bond acceptors (Lipinski definition) is 10. The van der Waals surface area contributed by atoms with Crippen molar-refractivity contribution in [2.24, 2.45) is 11.3 Å². The lowest BCUT2D eigenvalue weighted by molar-refractivity contribution is -0.127. The number of hydrogen-bond donors (Lipinski definition) is 0. The number of carbonyl (C=O) groups excluding carboxylic acids is 1. The van der Waals surface area contributed by atoms with Crippen LogP contribution in [0.4, 0.5) is 16.3 Å². The van der Waals surface area contributed by atoms with Crippen LogP contribution in [0.25, 0.3) is 11.4 Å². The lowest BCUT2D eigenvalue weighted by atomic mass is 9.78. The van der Waals surface area contributed by atoms with Crippen LogP contribution in [0, 0.1) is 11.3 Å². The summed E-state index contributed by atoms with van der Waals surface area (Å²) in [5.41, 5.74) is 1.71. The van der Waals surface area contributed by atoms with E-state index in [0.717, 1.165) is 76.6 Å². The second-order valence-corrected chi connectivity index (χ2v) is 14.3. The first-order valence-electron chi connectivity index (χ1n) is 16.1. The van der Waals surface area contributed by atoms with Gasteiger partial charge in [-0.1, -0.05) is 5.21 Å². The molecule has 3 aromatic heterocycles. The van der Waals surface area contributed by atoms with E-state index in [1.807, 2.05) is 44.9 Å². The van der Waals surface area contributed by atoms with Crippen LogP contribution in [0.2, 0.25) is 0 Å². The molecule has 2 atom stereocenters. The summed E-state index contributed by atoms with van der Waals surface area (Å²) in [6.45, 7) is 13.3. The first kappa shape index (κ1) is 29.7. The van der Waals surface area contributed by atoms with E-state index in [-0.39, 0.29) is 23.1 Å². The van der Waals surface area contributed by atoms with Crippen LogP contribution in [0.5, 0.6) is 0 Å². The van der Waals surface area contributed by atoms with Crippen LogP contribution in [0.1, 0.15) is 59.5 Å². The molecule has 7 rings (SSSR count). The molecule has 0 radical (unpaired) electrons. The minimum atomic E-state index is -0.542. The Morgan fingerprint density at radius 3 is 2.64 bits per heavy atom. The fraction of sp³-hybridized carbons (Fsp3) is 0.625. The van der Waals surface area contributed by atoms with E-state index in [1.165, 1.54) is 0 Å². The van der Waals surface area contributed by atoms with Gasteiger partial charge in [-0.05, 0) is 65.4 Å². The zero-order valence-electron chi connectivity index (χ0n) is 26.6. The van der Waals surface area contributed by atoms with Gasteiger partial charge in [-0.3, -0.25) is 14.3 Å². The van der Waals surface area contributed by atoms with E-state index in [0.29, 0.717) is 23.9 Å². The van der Waals surface area contributed by atoms with Gasteiger partial charge >= 0.3 is 6.09 Å². The highest BCUT2D eigenvalue weighted by molar-refractivity contribution is 5.69. The van der Waals surface area contributed by atoms with Crippen LogP contribution in [-0.4, -0.2) is 98.1 Å². The minimum absolute atomic E-state index is 0.0418. The van der Waals surface area contributed by atoms with Crippen LogP contribution >= 0.6 is 0 Å². The molecule has 3 saturated heterocycles. The predicted molar refractivity (Wildman–Crippen MR) is 168 cm³/mol. The van der Waals surface area contributed by atoms with Crippen molar-refractivity contribution >= 4 is 17.6 Å². The summed E-state index contributed by atoms with van der Waals surface area (Å²) in [6, 6.07) is 3.69. The maximum absolute atomic E-state index is 13.4. The molecule has 0 N–H and O–H groups in total. The standard InChI is InChI=1S/C32H43N9O4/c1-22(41-17-27(35-36-41)26-13-33-14-28(34-26)38-18-32(19-38)20-44-21-32)39-11-9-24(12-29(39)42)37-10-5-6-25(16-37)40(15-23-7-8-23)30(43)45-31(2,3)4/h9,11-14,17,22-23,25H,5-8,10,15-16,18-21H2,1-4H3/t22?,25-/m1/s1. The number of ether oxygens (including phenoxy) is 2. The monoisotopic (exact) mass is 617 g/mol. The second kappa shape index (κ2) is 11.4. The Morgan fingerprint density at radius 1 is 1.16 bits per heavy atom. The van der Waals surface area contributed by atoms with Gasteiger partial charge in [0.2, 0.25) is 0 Å². The highest BCUT2D eigenvalue weighted by Crippen LogP contribution is 2.39. The highest BCUT2D eigenvalue weighted by atomic mass is 16.6. The molecule has 13 heteroatoms. The summed E-state index contributed by atoms with van der Waals surface area (Å²) in [5.74, 6) is 1.38. The molecule has 240 valence electrons. The molecule has 1 saturated carbocycles. The number of aromatic nitrogens is 6. The van der Waals surface area contributed by atoms with Gasteiger partial charge in [-0.25, -0.2) is 14.5 Å². The SMILES string of the molecule is CC(n1cc(-c2cncc(N3CC4(COC4)C3)n2)nn1)n1ccc(N2CCC[C@@H](N(CC3CC3)C(=O)OC(C)(C)C)C2)cc1=O. The number of anilines is 2. The molecule has 0 aromatic carbocycles. The van der Waals surface area contributed by atoms with E-state index < -0.39 is 11.8 Å². The summed E-state index contributed by atoms with van der Waals surface area (Å²) < 4.78 is 14.5. The average molecular weight is 618 g/mol. The van der Waals surface area contributed by atoms with Crippen molar-refractivity contribution in [1.82, 2.24) is 34.4 Å². The number of carbonyl (C=O) groups is 1. The van der Waals surface area contributed by atoms with Crippen molar-refractivity contribution in [1.29, 1.82) is 0 Å². The summed E-state index contributed by atoms with van der Waals surface area (Å²) >= 11 is 0. The molecule has 45 heavy (non-hydrogen) atoms. The third kappa shape index (κ3) is 6.27. The Kier molecular flexibility index (Phi) is 7.53. The second-order valence-electron chi connectivity index (χ2n) is 14.3. The van der Waals surface area contributed by atoms with Gasteiger partial charge in [-0.15, -0.1) is 5.10 Å². The van der Waals surface area contributed by atoms with Crippen molar-refractivity contribution in [3.05, 3.63) is 47.3 Å². The van der Waals surface area contributed by atoms with Gasteiger partial charge in [-0.2, -0.15) is 0 Å². The summed E-state index contributed by atoms with van der Waals surface area (Å²) in [7, 11) is 0. The van der Waals surface area contributed by atoms with Gasteiger partial charge in [0.15, 0.2) is 0 Å². The number of amides is 1. The fourth-order valence-corrected chi connectivity index (χ4v) is 6.53. The van der Waals surface area contributed by atoms with Gasteiger partial charge in [0.05, 0.1) is 43.3 Å². The highest BCUT2D eigenvalue weighted by Gasteiger charge is 2.49. The lowest BCUT2D eigenvalue weighted by Gasteiger charge is -2.55. The summed E-state index contributed by atoms with van der Waals surface area (Å²) in [5, 5.41) is 8.67. The summed E-state index contributed by atoms with van der Waals surface area (Å²) in [4.78, 5) is 42.1. The Bertz CT molecular complexity index is 1600. The number of rotatable bonds is 8. The van der Waals surface area contributed by atoms with E-state index in [2.05, 4.69) is 25.1 Å². The van der Waals surface area contributed by atoms with E-state index in [1.54, 1.807) is 33.9 Å². The smallest absolute Gasteiger partial charge is 0.410 e. The zero-order valence-corrected chi connectivity index (χ0v) is 26.6. The Morgan fingerprint density at radius 2 is 1.96 bits per heavy atom. The van der Waals surface area contributed by atoms with Gasteiger partial charge in [0.1, 0.15) is 29.0 Å². The van der Waals surface area contributed by atoms with Crippen LogP contribution in [0.3, 0.4) is 0 Å². The van der Waals surface area contributed by atoms with Crippen molar-refractivity contribution in [2.75, 3.05) is 55.7 Å². The minimum Gasteiger partial charge on any atom is -0.444 e. The van der Waals surface area contributed by atoms with E-state index in [4.69, 9.17) is 14.5 Å². The Hall–Kier alpha value is -4.00. The zero-order chi connectivity index (χ0) is 31.3. The molecule has 13 nitrogen and oxygen atoms in total. The lowest BCUT2D eigenvalue weighted by Crippen LogP contribution is -2.66. The predicted octanol–water partition coefficient (Wildman–Crippen LogP) is 3.42. The van der Waals surface area contributed by atoms with Crippen LogP contribution < -0.4 is 15.4 Å². The molecule has 1 amide bonds. The average Bonchev–Trinajstić information content (AvgIpc) is 3.65. The molecule has 6 heterocycles. The van der Waals surface area contributed by atoms with E-state index >= 15 is 0 Å². The Labute approximate surface area is 263 Å². The van der Waals surface area contributed by atoms with Gasteiger partial charge in [0.25, 0.3) is 5.56 Å². The third-order valence-electron chi connectivity index (χ3n) is 9.29. The number of pyridine rings is 1. The largest absolute Gasteiger partial charge is 0.444 e. The molecular weight excluding hydrogens is 574 g/mol. The first-order valence-corrected chi connectivity index (χ1v) is 16.1. The normalized spacial score (nSPS) is 21.6. The molecule has 4 aliphatic rings. The molecule has 0 bridgehead atoms. The fourth-order valence-electron chi connectivity index (χ4n) is 6.53. The molecular formula is C32H43N9O4. The third-order valence-corrected chi connectivity index (χ3v) is 9.29.